The number of urea groups is 2. The topological polar surface area (TPSA) is 203 Å². The van der Waals surface area contributed by atoms with Crippen LogP contribution in [0, 0.1) is 0 Å². The summed E-state index contributed by atoms with van der Waals surface area (Å²) in [6, 6.07) is 36.8. The van der Waals surface area contributed by atoms with Gasteiger partial charge >= 0.3 is 18.0 Å². The van der Waals surface area contributed by atoms with Crippen LogP contribution < -0.4 is 36.0 Å². The van der Waals surface area contributed by atoms with E-state index in [2.05, 4.69) is 40.4 Å². The van der Waals surface area contributed by atoms with Gasteiger partial charge in [-0.05, 0) is 78.9 Å². The number of fused-ring (bicyclic) bond motifs is 8. The number of benzene rings is 2. The maximum absolute atomic E-state index is 13.1. The van der Waals surface area contributed by atoms with Crippen molar-refractivity contribution < 1.29 is 24.3 Å². The largest absolute Gasteiger partial charge is 0.477 e. The normalized spacial score (nSPS) is 16.3. The van der Waals surface area contributed by atoms with E-state index in [9.17, 15) is 24.3 Å². The lowest BCUT2D eigenvalue weighted by atomic mass is 10.1. The number of carbonyl (C=O) groups excluding carboxylic acids is 3. The number of Topliss-reactive ketones (excluding diaryl/α,β-unsaturated/α-hetero) is 1. The van der Waals surface area contributed by atoms with E-state index in [0.717, 1.165) is 56.0 Å². The molecule has 0 radical (unpaired) electrons. The lowest BCUT2D eigenvalue weighted by molar-refractivity contribution is 0.0690. The van der Waals surface area contributed by atoms with E-state index >= 15 is 0 Å². The Bertz CT molecular complexity index is 2550. The Kier molecular flexibility index (Phi) is 12.9. The van der Waals surface area contributed by atoms with Crippen LogP contribution in [-0.4, -0.2) is 87.1 Å². The maximum Gasteiger partial charge on any atom is 0.354 e. The van der Waals surface area contributed by atoms with Crippen LogP contribution in [0.4, 0.5) is 44.2 Å². The number of anilines is 6. The highest BCUT2D eigenvalue weighted by Gasteiger charge is 2.42. The summed E-state index contributed by atoms with van der Waals surface area (Å²) in [5.41, 5.74) is 9.65. The first-order valence-electron chi connectivity index (χ1n) is 20.8. The molecule has 8 heterocycles. The van der Waals surface area contributed by atoms with E-state index in [4.69, 9.17) is 5.73 Å². The van der Waals surface area contributed by atoms with Crippen molar-refractivity contribution in [3.8, 4) is 0 Å². The van der Waals surface area contributed by atoms with Gasteiger partial charge in [-0.2, -0.15) is 0 Å². The molecule has 2 saturated heterocycles. The lowest BCUT2D eigenvalue weighted by Gasteiger charge is -2.35. The average Bonchev–Trinajstić information content (AvgIpc) is 3.95. The van der Waals surface area contributed by atoms with Crippen LogP contribution >= 0.6 is 0 Å². The summed E-state index contributed by atoms with van der Waals surface area (Å²) < 4.78 is 0. The first-order chi connectivity index (χ1) is 30.7. The van der Waals surface area contributed by atoms with Crippen molar-refractivity contribution >= 4 is 58.5 Å². The van der Waals surface area contributed by atoms with Crippen molar-refractivity contribution in [3.05, 3.63) is 156 Å². The minimum absolute atomic E-state index is 0.0235. The van der Waals surface area contributed by atoms with Crippen LogP contribution in [0.15, 0.2) is 134 Å². The van der Waals surface area contributed by atoms with Gasteiger partial charge in [0.05, 0.1) is 23.5 Å². The second kappa shape index (κ2) is 19.3. The molecular formula is C47H47N11O5. The number of pyridine rings is 4. The molecule has 4 aliphatic heterocycles. The Morgan fingerprint density at radius 2 is 1.08 bits per heavy atom. The Labute approximate surface area is 364 Å². The van der Waals surface area contributed by atoms with E-state index < -0.39 is 5.97 Å². The fourth-order valence-electron chi connectivity index (χ4n) is 8.08. The summed E-state index contributed by atoms with van der Waals surface area (Å²) in [5, 5.41) is 14.8. The predicted molar refractivity (Wildman–Crippen MR) is 242 cm³/mol. The number of carboxylic acid groups (broad SMARTS) is 1. The molecule has 4 aliphatic rings. The Balaban J connectivity index is 0.000000150. The number of rotatable bonds is 8. The van der Waals surface area contributed by atoms with Crippen LogP contribution in [-0.2, 0) is 13.0 Å². The number of aromatic nitrogens is 4. The molecule has 10 rings (SSSR count). The second-order valence-electron chi connectivity index (χ2n) is 15.3. The molecule has 2 aromatic carbocycles. The third kappa shape index (κ3) is 9.76. The van der Waals surface area contributed by atoms with Gasteiger partial charge in [0.1, 0.15) is 17.3 Å². The quantitative estimate of drug-likeness (QED) is 0.116. The molecule has 0 aliphatic carbocycles. The molecule has 0 unspecified atom stereocenters. The minimum atomic E-state index is -1.11. The van der Waals surface area contributed by atoms with Crippen molar-refractivity contribution in [2.75, 3.05) is 56.4 Å². The summed E-state index contributed by atoms with van der Waals surface area (Å²) in [7, 11) is 0. The fourth-order valence-corrected chi connectivity index (χ4v) is 8.08. The second-order valence-corrected chi connectivity index (χ2v) is 15.3. The number of carbonyl (C=O) groups is 4. The maximum atomic E-state index is 13.1. The highest BCUT2D eigenvalue weighted by atomic mass is 16.4. The van der Waals surface area contributed by atoms with Crippen LogP contribution in [0.25, 0.3) is 0 Å². The third-order valence-corrected chi connectivity index (χ3v) is 11.2. The summed E-state index contributed by atoms with van der Waals surface area (Å²) in [5.74, 6) is 0.730. The number of amides is 4. The van der Waals surface area contributed by atoms with Gasteiger partial charge in [-0.3, -0.25) is 25.2 Å². The summed E-state index contributed by atoms with van der Waals surface area (Å²) >= 11 is 0. The Morgan fingerprint density at radius 1 is 0.603 bits per heavy atom. The third-order valence-electron chi connectivity index (χ3n) is 11.2. The molecule has 4 amide bonds. The number of nitrogens with zero attached hydrogens (tertiary/aromatic N) is 8. The van der Waals surface area contributed by atoms with E-state index in [0.29, 0.717) is 48.4 Å². The number of nitrogens with two attached hydrogens (primary N) is 1. The van der Waals surface area contributed by atoms with Crippen molar-refractivity contribution in [3.63, 3.8) is 0 Å². The van der Waals surface area contributed by atoms with Crippen LogP contribution in [0.3, 0.4) is 0 Å². The molecule has 320 valence electrons. The number of aryl methyl sites for hydroxylation is 1. The average molecular weight is 846 g/mol. The van der Waals surface area contributed by atoms with E-state index in [-0.39, 0.29) is 35.6 Å². The van der Waals surface area contributed by atoms with Crippen LogP contribution in [0.1, 0.15) is 51.4 Å². The molecule has 16 nitrogen and oxygen atoms in total. The Hall–Kier alpha value is -7.72. The molecular weight excluding hydrogens is 799 g/mol. The summed E-state index contributed by atoms with van der Waals surface area (Å²) in [4.78, 5) is 74.7. The monoisotopic (exact) mass is 845 g/mol. The fraction of sp³-hybridized carbons (Fsp3) is 0.234. The first-order valence-corrected chi connectivity index (χ1v) is 20.8. The van der Waals surface area contributed by atoms with Gasteiger partial charge in [0.2, 0.25) is 0 Å². The number of hydrogen-bond donors (Lipinski definition) is 4. The molecule has 4 bridgehead atoms. The molecule has 16 heteroatoms. The van der Waals surface area contributed by atoms with Gasteiger partial charge in [0, 0.05) is 51.5 Å². The predicted octanol–water partition coefficient (Wildman–Crippen LogP) is 6.87. The highest BCUT2D eigenvalue weighted by Crippen LogP contribution is 2.40. The molecule has 2 fully saturated rings. The standard InChI is InChI=1S/C24H23N5O2.C16H15N5O3.C7H9N/c30-21(12-9-17-6-2-1-3-7-17)19-10-11-20-23(26-19)29(18-13-15-28(20)16-18)24(31)27-22-8-4-5-14-25-22;22-15(23)11-4-5-12-14(18-11)21(10-6-8-20(12)9-10)16(24)19-13-3-1-2-7-17-13;8-6-7-4-2-1-3-5-7/h1-8,10-11,14,18H,9,12-13,15-16H2,(H,25,27,31);1-5,7,10H,6,8-9H2,(H,22,23)(H,17,19,24);1-5H,6,8H2/t18-;10-;/m00./s1. The molecule has 0 spiro atoms. The van der Waals surface area contributed by atoms with Crippen molar-refractivity contribution in [1.29, 1.82) is 0 Å². The number of nitrogens with one attached hydrogen (secondary N) is 2. The number of aromatic carboxylic acids is 1. The van der Waals surface area contributed by atoms with Gasteiger partial charge < -0.3 is 20.6 Å². The summed E-state index contributed by atoms with van der Waals surface area (Å²) in [6.45, 7) is 3.82. The zero-order chi connectivity index (χ0) is 43.7. The van der Waals surface area contributed by atoms with Crippen molar-refractivity contribution in [1.82, 2.24) is 19.9 Å². The minimum Gasteiger partial charge on any atom is -0.477 e. The Morgan fingerprint density at radius 3 is 1.54 bits per heavy atom. The van der Waals surface area contributed by atoms with Crippen molar-refractivity contribution in [2.45, 2.75) is 44.3 Å². The first kappa shape index (κ1) is 42.0. The molecule has 63 heavy (non-hydrogen) atoms. The zero-order valence-electron chi connectivity index (χ0n) is 34.5. The van der Waals surface area contributed by atoms with E-state index in [1.54, 1.807) is 64.7 Å². The molecule has 2 atom stereocenters. The van der Waals surface area contributed by atoms with Gasteiger partial charge in [0.25, 0.3) is 0 Å². The van der Waals surface area contributed by atoms with Crippen molar-refractivity contribution in [2.24, 2.45) is 5.73 Å². The highest BCUT2D eigenvalue weighted by molar-refractivity contribution is 6.06. The molecule has 0 saturated carbocycles. The van der Waals surface area contributed by atoms with Gasteiger partial charge in [-0.25, -0.2) is 34.3 Å². The molecule has 5 N–H and O–H groups in total. The summed E-state index contributed by atoms with van der Waals surface area (Å²) in [6.07, 6.45) is 5.95. The van der Waals surface area contributed by atoms with Gasteiger partial charge in [0.15, 0.2) is 23.1 Å². The molecule has 4 aromatic heterocycles. The van der Waals surface area contributed by atoms with Crippen LogP contribution in [0.2, 0.25) is 0 Å². The van der Waals surface area contributed by atoms with Gasteiger partial charge in [-0.1, -0.05) is 72.8 Å². The van der Waals surface area contributed by atoms with E-state index in [1.165, 1.54) is 11.6 Å². The smallest absolute Gasteiger partial charge is 0.354 e. The van der Waals surface area contributed by atoms with Gasteiger partial charge in [-0.15, -0.1) is 0 Å². The van der Waals surface area contributed by atoms with E-state index in [1.807, 2.05) is 72.8 Å². The molecule has 6 aromatic rings. The van der Waals surface area contributed by atoms with Crippen LogP contribution in [0.5, 0.6) is 0 Å². The number of ketones is 1. The SMILES string of the molecule is NCc1ccccc1.O=C(CCc1ccccc1)c1ccc2c(n1)N(C(=O)Nc1ccccn1)[C@H]1CCN2C1.O=C(O)c1ccc2c(n1)N(C(=O)Nc1ccccn1)[C@H]1CCN2C1. The number of carboxylic acids is 1. The lowest BCUT2D eigenvalue weighted by Crippen LogP contribution is -2.48. The number of hydrogen-bond acceptors (Lipinski definition) is 11. The zero-order valence-corrected chi connectivity index (χ0v) is 34.5.